The highest BCUT2D eigenvalue weighted by atomic mass is 31.3. The van der Waals surface area contributed by atoms with Crippen LogP contribution >= 0.6 is 15.6 Å². The van der Waals surface area contributed by atoms with E-state index in [0.717, 1.165) is 12.7 Å². The van der Waals surface area contributed by atoms with Gasteiger partial charge in [-0.05, 0) is 13.3 Å². The normalized spacial score (nSPS) is 19.2. The first-order valence-corrected chi connectivity index (χ1v) is 6.89. The fourth-order valence-corrected chi connectivity index (χ4v) is 2.34. The third kappa shape index (κ3) is 7.88. The molecule has 7 nitrogen and oxygen atoms in total. The molecule has 90 valence electrons. The smallest absolute Gasteiger partial charge is 0.302 e. The summed E-state index contributed by atoms with van der Waals surface area (Å²) < 4.78 is 34.1. The molecular weight excluding hydrogens is 246 g/mol. The number of phosphoric ester groups is 2. The lowest BCUT2D eigenvalue weighted by molar-refractivity contribution is 0.169. The minimum Gasteiger partial charge on any atom is -0.302 e. The molecular formula is C6H14O7P2. The molecule has 15 heavy (non-hydrogen) atoms. The van der Waals surface area contributed by atoms with Gasteiger partial charge in [-0.2, -0.15) is 4.31 Å². The van der Waals surface area contributed by atoms with Crippen molar-refractivity contribution in [2.75, 3.05) is 13.7 Å². The van der Waals surface area contributed by atoms with Crippen molar-refractivity contribution in [2.45, 2.75) is 13.3 Å². The van der Waals surface area contributed by atoms with Crippen LogP contribution in [0.15, 0.2) is 12.2 Å². The summed E-state index contributed by atoms with van der Waals surface area (Å²) in [5.41, 5.74) is 0.744. The molecule has 0 rings (SSSR count). The molecule has 0 aromatic rings. The molecule has 2 N–H and O–H groups in total. The Hall–Kier alpha value is -0.0000000000000000416. The highest BCUT2D eigenvalue weighted by molar-refractivity contribution is 7.61. The topological polar surface area (TPSA) is 102 Å². The van der Waals surface area contributed by atoms with Crippen LogP contribution in [0.25, 0.3) is 0 Å². The molecule has 0 aromatic heterocycles. The third-order valence-corrected chi connectivity index (χ3v) is 3.84. The second-order valence-electron chi connectivity index (χ2n) is 2.74. The predicted octanol–water partition coefficient (Wildman–Crippen LogP) is 1.83. The molecule has 0 aromatic carbocycles. The van der Waals surface area contributed by atoms with Crippen molar-refractivity contribution >= 4 is 15.6 Å². The monoisotopic (exact) mass is 260 g/mol. The average Bonchev–Trinajstić information content (AvgIpc) is 2.01. The lowest BCUT2D eigenvalue weighted by Crippen LogP contribution is -1.97. The van der Waals surface area contributed by atoms with Gasteiger partial charge in [-0.15, -0.1) is 6.58 Å². The summed E-state index contributed by atoms with van der Waals surface area (Å²) in [6, 6.07) is 0. The highest BCUT2D eigenvalue weighted by Gasteiger charge is 2.33. The maximum absolute atomic E-state index is 11.0. The quantitative estimate of drug-likeness (QED) is 0.531. The maximum Gasteiger partial charge on any atom is 0.481 e. The van der Waals surface area contributed by atoms with Gasteiger partial charge in [0, 0.05) is 7.11 Å². The molecule has 2 atom stereocenters. The van der Waals surface area contributed by atoms with Crippen molar-refractivity contribution in [2.24, 2.45) is 0 Å². The van der Waals surface area contributed by atoms with Gasteiger partial charge in [-0.3, -0.25) is 9.05 Å². The van der Waals surface area contributed by atoms with E-state index in [0.29, 0.717) is 6.42 Å². The molecule has 0 saturated carbocycles. The van der Waals surface area contributed by atoms with Gasteiger partial charge in [0.2, 0.25) is 0 Å². The number of rotatable bonds is 7. The van der Waals surface area contributed by atoms with Gasteiger partial charge in [0.15, 0.2) is 0 Å². The van der Waals surface area contributed by atoms with Gasteiger partial charge < -0.3 is 9.79 Å². The van der Waals surface area contributed by atoms with Gasteiger partial charge in [-0.25, -0.2) is 9.13 Å². The summed E-state index contributed by atoms with van der Waals surface area (Å²) in [5.74, 6) is 0. The summed E-state index contributed by atoms with van der Waals surface area (Å²) in [7, 11) is -8.22. The lowest BCUT2D eigenvalue weighted by Gasteiger charge is -2.14. The zero-order valence-electron chi connectivity index (χ0n) is 8.45. The fraction of sp³-hybridized carbons (Fsp3) is 0.667. The van der Waals surface area contributed by atoms with Crippen molar-refractivity contribution in [1.82, 2.24) is 0 Å². The van der Waals surface area contributed by atoms with Gasteiger partial charge in [0.05, 0.1) is 6.61 Å². The van der Waals surface area contributed by atoms with Crippen LogP contribution in [-0.4, -0.2) is 23.5 Å². The van der Waals surface area contributed by atoms with Crippen molar-refractivity contribution in [1.29, 1.82) is 0 Å². The molecule has 0 bridgehead atoms. The first-order valence-electron chi connectivity index (χ1n) is 3.90. The molecule has 0 aliphatic carbocycles. The second-order valence-corrected chi connectivity index (χ2v) is 5.89. The van der Waals surface area contributed by atoms with Crippen LogP contribution in [0.1, 0.15) is 13.3 Å². The fourth-order valence-electron chi connectivity index (χ4n) is 0.523. The molecule has 0 amide bonds. The Morgan fingerprint density at radius 3 is 2.27 bits per heavy atom. The Labute approximate surface area is 87.9 Å². The third-order valence-electron chi connectivity index (χ3n) is 1.22. The van der Waals surface area contributed by atoms with Crippen LogP contribution in [0.3, 0.4) is 0 Å². The van der Waals surface area contributed by atoms with Gasteiger partial charge >= 0.3 is 15.6 Å². The Kier molecular flexibility index (Phi) is 5.92. The van der Waals surface area contributed by atoms with Crippen LogP contribution in [0.5, 0.6) is 0 Å². The van der Waals surface area contributed by atoms with E-state index in [1.807, 2.05) is 0 Å². The summed E-state index contributed by atoms with van der Waals surface area (Å²) in [5, 5.41) is 0. The van der Waals surface area contributed by atoms with E-state index in [2.05, 4.69) is 19.9 Å². The molecule has 0 radical (unpaired) electrons. The number of phosphoric acid groups is 2. The molecule has 0 fully saturated rings. The Morgan fingerprint density at radius 2 is 1.87 bits per heavy atom. The number of hydrogen-bond donors (Lipinski definition) is 2. The van der Waals surface area contributed by atoms with Crippen molar-refractivity contribution in [3.05, 3.63) is 12.2 Å². The zero-order valence-corrected chi connectivity index (χ0v) is 10.2. The SMILES string of the molecule is C=C(C)CCOP(=O)(O)OP(=O)(O)OC. The first-order chi connectivity index (χ1) is 6.68. The Bertz CT molecular complexity index is 313. The standard InChI is InChI=1S/C6H14O7P2/c1-6(2)4-5-12-15(9,10)13-14(7,8)11-3/h1,4-5H2,2-3H3,(H,7,8)(H,9,10). The van der Waals surface area contributed by atoms with E-state index in [1.165, 1.54) is 0 Å². The van der Waals surface area contributed by atoms with Crippen molar-refractivity contribution < 1.29 is 32.3 Å². The van der Waals surface area contributed by atoms with E-state index in [4.69, 9.17) is 9.79 Å². The molecule has 0 aliphatic rings. The van der Waals surface area contributed by atoms with Crippen LogP contribution in [0.2, 0.25) is 0 Å². The van der Waals surface area contributed by atoms with Crippen LogP contribution in [0, 0.1) is 0 Å². The molecule has 0 spiro atoms. The number of hydrogen-bond acceptors (Lipinski definition) is 5. The lowest BCUT2D eigenvalue weighted by atomic mass is 10.3. The molecule has 9 heteroatoms. The second kappa shape index (κ2) is 5.92. The minimum absolute atomic E-state index is 0.132. The van der Waals surface area contributed by atoms with E-state index in [9.17, 15) is 9.13 Å². The van der Waals surface area contributed by atoms with Gasteiger partial charge in [0.1, 0.15) is 0 Å². The van der Waals surface area contributed by atoms with E-state index in [-0.39, 0.29) is 6.61 Å². The van der Waals surface area contributed by atoms with Crippen LogP contribution in [0.4, 0.5) is 0 Å². The maximum atomic E-state index is 11.0. The van der Waals surface area contributed by atoms with Crippen molar-refractivity contribution in [3.8, 4) is 0 Å². The Balaban J connectivity index is 4.14. The molecule has 0 saturated heterocycles. The first kappa shape index (κ1) is 15.0. The van der Waals surface area contributed by atoms with Gasteiger partial charge in [-0.1, -0.05) is 5.57 Å². The Morgan fingerprint density at radius 1 is 1.33 bits per heavy atom. The van der Waals surface area contributed by atoms with Crippen molar-refractivity contribution in [3.63, 3.8) is 0 Å². The van der Waals surface area contributed by atoms with Crippen LogP contribution < -0.4 is 0 Å². The molecule has 0 heterocycles. The summed E-state index contributed by atoms with van der Waals surface area (Å²) in [4.78, 5) is 17.7. The van der Waals surface area contributed by atoms with Crippen LogP contribution in [-0.2, 0) is 22.5 Å². The molecule has 0 aliphatic heterocycles. The summed E-state index contributed by atoms with van der Waals surface area (Å²) in [6.07, 6.45) is 0.344. The average molecular weight is 260 g/mol. The minimum atomic E-state index is -4.57. The zero-order chi connectivity index (χ0) is 12.1. The van der Waals surface area contributed by atoms with E-state index < -0.39 is 15.6 Å². The highest BCUT2D eigenvalue weighted by Crippen LogP contribution is 2.59. The predicted molar refractivity (Wildman–Crippen MR) is 53.1 cm³/mol. The summed E-state index contributed by atoms with van der Waals surface area (Å²) in [6.45, 7) is 5.12. The van der Waals surface area contributed by atoms with Gasteiger partial charge in [0.25, 0.3) is 0 Å². The van der Waals surface area contributed by atoms with E-state index in [1.54, 1.807) is 6.92 Å². The van der Waals surface area contributed by atoms with E-state index >= 15 is 0 Å². The molecule has 2 unspecified atom stereocenters. The summed E-state index contributed by atoms with van der Waals surface area (Å²) >= 11 is 0. The largest absolute Gasteiger partial charge is 0.481 e.